The second kappa shape index (κ2) is 7.45. The summed E-state index contributed by atoms with van der Waals surface area (Å²) in [4.78, 5) is 25.1. The highest BCUT2D eigenvalue weighted by atomic mass is 35.5. The summed E-state index contributed by atoms with van der Waals surface area (Å²) in [6, 6.07) is 7.88. The number of aliphatic hydroxyl groups excluding tert-OH is 1. The van der Waals surface area contributed by atoms with Crippen LogP contribution < -0.4 is 5.32 Å². The Kier molecular flexibility index (Phi) is 5.26. The number of aromatic nitrogens is 2. The molecule has 3 rings (SSSR count). The summed E-state index contributed by atoms with van der Waals surface area (Å²) in [6.45, 7) is 1.30. The first kappa shape index (κ1) is 18.4. The van der Waals surface area contributed by atoms with Gasteiger partial charge >= 0.3 is 5.97 Å². The van der Waals surface area contributed by atoms with Crippen LogP contribution in [0.15, 0.2) is 30.3 Å². The number of aryl methyl sites for hydroxylation is 1. The van der Waals surface area contributed by atoms with Crippen molar-refractivity contribution in [3.63, 3.8) is 0 Å². The molecule has 9 heteroatoms. The number of rotatable bonds is 5. The average molecular weight is 394 g/mol. The van der Waals surface area contributed by atoms with Crippen LogP contribution in [-0.4, -0.2) is 46.5 Å². The van der Waals surface area contributed by atoms with Gasteiger partial charge in [-0.3, -0.25) is 4.79 Å². The zero-order valence-electron chi connectivity index (χ0n) is 14.0. The van der Waals surface area contributed by atoms with Crippen LogP contribution in [0.1, 0.15) is 15.4 Å². The van der Waals surface area contributed by atoms with Gasteiger partial charge in [-0.25, -0.2) is 9.48 Å². The molecule has 2 aromatic heterocycles. The number of aliphatic hydroxyl groups is 1. The number of ether oxygens (including phenoxy) is 1. The normalized spacial score (nSPS) is 12.2. The third-order valence-corrected chi connectivity index (χ3v) is 5.25. The topological polar surface area (TPSA) is 93.4 Å². The summed E-state index contributed by atoms with van der Waals surface area (Å²) in [5, 5.41) is 17.6. The summed E-state index contributed by atoms with van der Waals surface area (Å²) in [6.07, 6.45) is 0. The van der Waals surface area contributed by atoms with E-state index in [-0.39, 0.29) is 0 Å². The lowest BCUT2D eigenvalue weighted by molar-refractivity contribution is -0.143. The maximum absolute atomic E-state index is 12.5. The molecule has 0 bridgehead atoms. The van der Waals surface area contributed by atoms with Crippen molar-refractivity contribution in [2.75, 3.05) is 13.7 Å². The Morgan fingerprint density at radius 1 is 1.42 bits per heavy atom. The number of para-hydroxylation sites is 1. The lowest BCUT2D eigenvalue weighted by Crippen LogP contribution is -2.43. The van der Waals surface area contributed by atoms with Crippen molar-refractivity contribution in [3.8, 4) is 5.69 Å². The predicted octanol–water partition coefficient (Wildman–Crippen LogP) is 2.31. The van der Waals surface area contributed by atoms with Gasteiger partial charge in [0, 0.05) is 5.39 Å². The number of hydrogen-bond acceptors (Lipinski definition) is 6. The average Bonchev–Trinajstić information content (AvgIpc) is 3.20. The molecule has 1 amide bonds. The number of nitrogens with zero attached hydrogens (tertiary/aromatic N) is 2. The van der Waals surface area contributed by atoms with Gasteiger partial charge in [0.2, 0.25) is 0 Å². The van der Waals surface area contributed by atoms with Crippen molar-refractivity contribution < 1.29 is 19.4 Å². The van der Waals surface area contributed by atoms with Crippen LogP contribution in [0, 0.1) is 6.92 Å². The molecular weight excluding hydrogens is 378 g/mol. The van der Waals surface area contributed by atoms with Gasteiger partial charge in [0.25, 0.3) is 5.91 Å². The Morgan fingerprint density at radius 3 is 2.81 bits per heavy atom. The van der Waals surface area contributed by atoms with Gasteiger partial charge in [-0.2, -0.15) is 5.10 Å². The molecule has 0 fully saturated rings. The van der Waals surface area contributed by atoms with Crippen molar-refractivity contribution >= 4 is 45.0 Å². The third kappa shape index (κ3) is 3.31. The number of halogens is 1. The third-order valence-electron chi connectivity index (χ3n) is 3.82. The van der Waals surface area contributed by atoms with Crippen LogP contribution in [0.2, 0.25) is 5.02 Å². The first-order valence-corrected chi connectivity index (χ1v) is 8.89. The number of benzene rings is 1. The maximum atomic E-state index is 12.5. The summed E-state index contributed by atoms with van der Waals surface area (Å²) in [7, 11) is 1.19. The molecule has 0 aliphatic rings. The molecule has 3 aromatic rings. The molecule has 0 radical (unpaired) electrons. The van der Waals surface area contributed by atoms with Gasteiger partial charge in [-0.05, 0) is 25.1 Å². The molecule has 7 nitrogen and oxygen atoms in total. The number of hydrogen-bond donors (Lipinski definition) is 2. The quantitative estimate of drug-likeness (QED) is 0.649. The molecule has 26 heavy (non-hydrogen) atoms. The van der Waals surface area contributed by atoms with Gasteiger partial charge in [-0.15, -0.1) is 11.3 Å². The Balaban J connectivity index is 1.97. The van der Waals surface area contributed by atoms with E-state index in [4.69, 9.17) is 11.6 Å². The van der Waals surface area contributed by atoms with Crippen LogP contribution in [0.25, 0.3) is 15.9 Å². The Bertz CT molecular complexity index is 982. The van der Waals surface area contributed by atoms with Crippen LogP contribution in [0.5, 0.6) is 0 Å². The van der Waals surface area contributed by atoms with Crippen molar-refractivity contribution in [1.82, 2.24) is 15.1 Å². The fraction of sp³-hybridized carbons (Fsp3) is 0.235. The molecular formula is C17H16ClN3O4S. The van der Waals surface area contributed by atoms with Crippen LogP contribution in [-0.2, 0) is 9.53 Å². The molecule has 0 aliphatic carbocycles. The molecule has 1 aromatic carbocycles. The predicted molar refractivity (Wildman–Crippen MR) is 99.1 cm³/mol. The SMILES string of the molecule is COC(=O)[C@H](CO)NC(=O)c1cc2c(C)nn(-c3ccccc3Cl)c2s1. The number of esters is 1. The molecule has 0 spiro atoms. The minimum Gasteiger partial charge on any atom is -0.467 e. The number of amides is 1. The largest absolute Gasteiger partial charge is 0.467 e. The van der Waals surface area contributed by atoms with E-state index < -0.39 is 24.5 Å². The standard InChI is InChI=1S/C17H16ClN3O4S/c1-9-10-7-14(15(23)19-12(8-22)17(24)25-2)26-16(10)21(20-9)13-6-4-3-5-11(13)18/h3-7,12,22H,8H2,1-2H3,(H,19,23)/t12-/m0/s1. The maximum Gasteiger partial charge on any atom is 0.330 e. The zero-order chi connectivity index (χ0) is 18.8. The molecule has 136 valence electrons. The summed E-state index contributed by atoms with van der Waals surface area (Å²) in [5.41, 5.74) is 1.46. The van der Waals surface area contributed by atoms with E-state index in [0.717, 1.165) is 15.9 Å². The number of carbonyl (C=O) groups is 2. The zero-order valence-corrected chi connectivity index (χ0v) is 15.6. The van der Waals surface area contributed by atoms with E-state index in [2.05, 4.69) is 15.2 Å². The fourth-order valence-corrected chi connectivity index (χ4v) is 3.79. The molecule has 0 saturated heterocycles. The van der Waals surface area contributed by atoms with Crippen LogP contribution >= 0.6 is 22.9 Å². The summed E-state index contributed by atoms with van der Waals surface area (Å²) >= 11 is 7.49. The fourth-order valence-electron chi connectivity index (χ4n) is 2.50. The number of thiophene rings is 1. The van der Waals surface area contributed by atoms with Crippen molar-refractivity contribution in [3.05, 3.63) is 45.9 Å². The van der Waals surface area contributed by atoms with E-state index in [9.17, 15) is 14.7 Å². The molecule has 0 unspecified atom stereocenters. The van der Waals surface area contributed by atoms with E-state index in [0.29, 0.717) is 15.6 Å². The Labute approximate surface area is 158 Å². The second-order valence-corrected chi connectivity index (χ2v) is 6.95. The minimum absolute atomic E-state index is 0.392. The van der Waals surface area contributed by atoms with Crippen molar-refractivity contribution in [1.29, 1.82) is 0 Å². The number of methoxy groups -OCH3 is 1. The number of carbonyl (C=O) groups excluding carboxylic acids is 2. The lowest BCUT2D eigenvalue weighted by Gasteiger charge is -2.12. The first-order chi connectivity index (χ1) is 12.5. The van der Waals surface area contributed by atoms with E-state index in [1.54, 1.807) is 16.8 Å². The van der Waals surface area contributed by atoms with Crippen molar-refractivity contribution in [2.24, 2.45) is 0 Å². The van der Waals surface area contributed by atoms with Gasteiger partial charge in [0.15, 0.2) is 6.04 Å². The Morgan fingerprint density at radius 2 is 2.15 bits per heavy atom. The minimum atomic E-state index is -1.11. The van der Waals surface area contributed by atoms with E-state index in [1.165, 1.54) is 18.4 Å². The van der Waals surface area contributed by atoms with Gasteiger partial charge in [-0.1, -0.05) is 23.7 Å². The van der Waals surface area contributed by atoms with Gasteiger partial charge in [0.1, 0.15) is 4.83 Å². The second-order valence-electron chi connectivity index (χ2n) is 5.51. The molecule has 0 saturated carbocycles. The smallest absolute Gasteiger partial charge is 0.330 e. The molecule has 2 N–H and O–H groups in total. The first-order valence-electron chi connectivity index (χ1n) is 7.70. The highest BCUT2D eigenvalue weighted by Gasteiger charge is 2.24. The van der Waals surface area contributed by atoms with Crippen molar-refractivity contribution in [2.45, 2.75) is 13.0 Å². The molecule has 0 aliphatic heterocycles. The van der Waals surface area contributed by atoms with E-state index >= 15 is 0 Å². The highest BCUT2D eigenvalue weighted by Crippen LogP contribution is 2.32. The summed E-state index contributed by atoms with van der Waals surface area (Å²) < 4.78 is 6.25. The molecule has 1 atom stereocenters. The number of fused-ring (bicyclic) bond motifs is 1. The van der Waals surface area contributed by atoms with Gasteiger partial charge in [0.05, 0.1) is 35.0 Å². The molecule has 2 heterocycles. The van der Waals surface area contributed by atoms with Crippen LogP contribution in [0.4, 0.5) is 0 Å². The summed E-state index contributed by atoms with van der Waals surface area (Å²) in [5.74, 6) is -1.18. The van der Waals surface area contributed by atoms with E-state index in [1.807, 2.05) is 25.1 Å². The lowest BCUT2D eigenvalue weighted by atomic mass is 10.2. The highest BCUT2D eigenvalue weighted by molar-refractivity contribution is 7.20. The Hall–Kier alpha value is -2.42. The van der Waals surface area contributed by atoms with Crippen LogP contribution in [0.3, 0.4) is 0 Å². The monoisotopic (exact) mass is 393 g/mol. The number of nitrogens with one attached hydrogen (secondary N) is 1. The van der Waals surface area contributed by atoms with Gasteiger partial charge < -0.3 is 15.2 Å².